The van der Waals surface area contributed by atoms with Gasteiger partial charge in [0.15, 0.2) is 0 Å². The van der Waals surface area contributed by atoms with Crippen molar-refractivity contribution in [1.82, 2.24) is 4.90 Å². The van der Waals surface area contributed by atoms with Crippen molar-refractivity contribution in [3.8, 4) is 0 Å². The third-order valence-corrected chi connectivity index (χ3v) is 6.47. The number of para-hydroxylation sites is 1. The molecule has 168 valence electrons. The van der Waals surface area contributed by atoms with E-state index >= 15 is 0 Å². The molecular weight excluding hydrogens is 418 g/mol. The van der Waals surface area contributed by atoms with Gasteiger partial charge in [-0.1, -0.05) is 18.2 Å². The summed E-state index contributed by atoms with van der Waals surface area (Å²) in [7, 11) is 0. The van der Waals surface area contributed by atoms with E-state index < -0.39 is 23.5 Å². The SMILES string of the molecule is CCN(C(=O)CCC(=O)O)C1c2ccccc2N(C(=O)c2ccc(F)cc2F)C2CCC12. The molecule has 1 heterocycles. The van der Waals surface area contributed by atoms with Gasteiger partial charge in [-0.25, -0.2) is 8.78 Å². The first-order valence-electron chi connectivity index (χ1n) is 10.7. The first-order chi connectivity index (χ1) is 15.3. The molecule has 2 aromatic rings. The molecular formula is C24H24F2N2O4. The van der Waals surface area contributed by atoms with Crippen LogP contribution < -0.4 is 4.90 Å². The zero-order chi connectivity index (χ0) is 23.0. The fraction of sp³-hybridized carbons (Fsp3) is 0.375. The van der Waals surface area contributed by atoms with E-state index in [1.807, 2.05) is 19.1 Å². The summed E-state index contributed by atoms with van der Waals surface area (Å²) in [5.41, 5.74) is 1.17. The van der Waals surface area contributed by atoms with Gasteiger partial charge in [0.25, 0.3) is 5.91 Å². The van der Waals surface area contributed by atoms with E-state index in [1.54, 1.807) is 21.9 Å². The summed E-state index contributed by atoms with van der Waals surface area (Å²) in [6.07, 6.45) is 1.14. The second kappa shape index (κ2) is 8.68. The van der Waals surface area contributed by atoms with Crippen molar-refractivity contribution in [3.05, 3.63) is 65.2 Å². The lowest BCUT2D eigenvalue weighted by Gasteiger charge is -2.55. The van der Waals surface area contributed by atoms with Crippen LogP contribution in [0.15, 0.2) is 42.5 Å². The third kappa shape index (κ3) is 3.74. The lowest BCUT2D eigenvalue weighted by Crippen LogP contribution is -2.59. The lowest BCUT2D eigenvalue weighted by molar-refractivity contribution is -0.142. The van der Waals surface area contributed by atoms with Crippen molar-refractivity contribution in [3.63, 3.8) is 0 Å². The average molecular weight is 442 g/mol. The van der Waals surface area contributed by atoms with E-state index in [4.69, 9.17) is 5.11 Å². The van der Waals surface area contributed by atoms with Crippen LogP contribution in [-0.2, 0) is 9.59 Å². The molecule has 1 saturated carbocycles. The zero-order valence-corrected chi connectivity index (χ0v) is 17.6. The number of carboxylic acid groups (broad SMARTS) is 1. The number of amides is 2. The van der Waals surface area contributed by atoms with Gasteiger partial charge < -0.3 is 14.9 Å². The molecule has 0 saturated heterocycles. The Kier molecular flexibility index (Phi) is 5.95. The fourth-order valence-corrected chi connectivity index (χ4v) is 4.90. The standard InChI is InChI=1S/C24H24F2N2O4/c1-2-27(21(29)11-12-22(30)31)23-16-5-3-4-6-19(16)28(20-10-9-17(20)23)24(32)15-8-7-14(25)13-18(15)26/h3-8,13,17,20,23H,2,9-12H2,1H3,(H,30,31). The monoisotopic (exact) mass is 442 g/mol. The first-order valence-corrected chi connectivity index (χ1v) is 10.7. The Labute approximate surface area is 184 Å². The molecule has 0 bridgehead atoms. The van der Waals surface area contributed by atoms with Crippen molar-refractivity contribution in [2.75, 3.05) is 11.4 Å². The minimum atomic E-state index is -1.03. The van der Waals surface area contributed by atoms with Crippen molar-refractivity contribution in [2.24, 2.45) is 5.92 Å². The van der Waals surface area contributed by atoms with Gasteiger partial charge in [-0.2, -0.15) is 0 Å². The molecule has 32 heavy (non-hydrogen) atoms. The van der Waals surface area contributed by atoms with Crippen molar-refractivity contribution >= 4 is 23.5 Å². The van der Waals surface area contributed by atoms with Crippen LogP contribution in [0.5, 0.6) is 0 Å². The van der Waals surface area contributed by atoms with Crippen molar-refractivity contribution < 1.29 is 28.3 Å². The molecule has 0 radical (unpaired) electrons. The molecule has 2 aromatic carbocycles. The average Bonchev–Trinajstić information content (AvgIpc) is 2.74. The van der Waals surface area contributed by atoms with Gasteiger partial charge in [-0.15, -0.1) is 0 Å². The Morgan fingerprint density at radius 3 is 2.47 bits per heavy atom. The fourth-order valence-electron chi connectivity index (χ4n) is 4.90. The van der Waals surface area contributed by atoms with Crippen molar-refractivity contribution in [2.45, 2.75) is 44.7 Å². The number of carbonyl (C=O) groups excluding carboxylic acids is 2. The van der Waals surface area contributed by atoms with E-state index in [2.05, 4.69) is 0 Å². The van der Waals surface area contributed by atoms with Crippen LogP contribution in [0, 0.1) is 17.6 Å². The van der Waals surface area contributed by atoms with E-state index in [-0.39, 0.29) is 42.3 Å². The predicted octanol–water partition coefficient (Wildman–Crippen LogP) is 4.16. The van der Waals surface area contributed by atoms with Crippen LogP contribution in [0.2, 0.25) is 0 Å². The lowest BCUT2D eigenvalue weighted by atomic mass is 9.67. The minimum Gasteiger partial charge on any atom is -0.481 e. The molecule has 6 nitrogen and oxygen atoms in total. The van der Waals surface area contributed by atoms with Gasteiger partial charge >= 0.3 is 5.97 Å². The van der Waals surface area contributed by atoms with Gasteiger partial charge in [-0.3, -0.25) is 14.4 Å². The Hall–Kier alpha value is -3.29. The van der Waals surface area contributed by atoms with Crippen LogP contribution in [0.25, 0.3) is 0 Å². The number of halogens is 2. The number of benzene rings is 2. The number of rotatable bonds is 6. The minimum absolute atomic E-state index is 0.0499. The van der Waals surface area contributed by atoms with E-state index in [9.17, 15) is 23.2 Å². The number of hydrogen-bond donors (Lipinski definition) is 1. The molecule has 2 aliphatic rings. The molecule has 1 aliphatic carbocycles. The van der Waals surface area contributed by atoms with Crippen LogP contribution in [-0.4, -0.2) is 40.4 Å². The summed E-state index contributed by atoms with van der Waals surface area (Å²) >= 11 is 0. The molecule has 3 unspecified atom stereocenters. The molecule has 1 N–H and O–H groups in total. The van der Waals surface area contributed by atoms with Gasteiger partial charge in [0.1, 0.15) is 11.6 Å². The molecule has 3 atom stereocenters. The van der Waals surface area contributed by atoms with E-state index in [1.165, 1.54) is 0 Å². The highest BCUT2D eigenvalue weighted by Crippen LogP contribution is 2.52. The molecule has 1 aliphatic heterocycles. The highest BCUT2D eigenvalue weighted by molar-refractivity contribution is 6.07. The summed E-state index contributed by atoms with van der Waals surface area (Å²) < 4.78 is 27.8. The second-order valence-corrected chi connectivity index (χ2v) is 8.19. The summed E-state index contributed by atoms with van der Waals surface area (Å²) in [4.78, 5) is 40.5. The number of hydrogen-bond acceptors (Lipinski definition) is 3. The Bertz CT molecular complexity index is 1070. The highest BCUT2D eigenvalue weighted by atomic mass is 19.1. The molecule has 8 heteroatoms. The van der Waals surface area contributed by atoms with Crippen LogP contribution >= 0.6 is 0 Å². The van der Waals surface area contributed by atoms with Crippen LogP contribution in [0.3, 0.4) is 0 Å². The first kappa shape index (κ1) is 21.9. The summed E-state index contributed by atoms with van der Waals surface area (Å²) in [5.74, 6) is -3.53. The van der Waals surface area contributed by atoms with Crippen LogP contribution in [0.4, 0.5) is 14.5 Å². The number of anilines is 1. The quantitative estimate of drug-likeness (QED) is 0.729. The predicted molar refractivity (Wildman–Crippen MR) is 113 cm³/mol. The maximum Gasteiger partial charge on any atom is 0.303 e. The number of carbonyl (C=O) groups is 3. The topological polar surface area (TPSA) is 77.9 Å². The molecule has 1 fully saturated rings. The summed E-state index contributed by atoms with van der Waals surface area (Å²) in [6.45, 7) is 2.25. The highest BCUT2D eigenvalue weighted by Gasteiger charge is 2.51. The normalized spacial score (nSPS) is 21.2. The maximum atomic E-state index is 14.4. The van der Waals surface area contributed by atoms with Gasteiger partial charge in [0.05, 0.1) is 18.0 Å². The van der Waals surface area contributed by atoms with Gasteiger partial charge in [0.2, 0.25) is 5.91 Å². The largest absolute Gasteiger partial charge is 0.481 e. The Morgan fingerprint density at radius 2 is 1.84 bits per heavy atom. The van der Waals surface area contributed by atoms with E-state index in [0.29, 0.717) is 24.7 Å². The number of nitrogens with zero attached hydrogens (tertiary/aromatic N) is 2. The number of carboxylic acids is 1. The van der Waals surface area contributed by atoms with Gasteiger partial charge in [-0.05, 0) is 43.5 Å². The number of aliphatic carboxylic acids is 1. The third-order valence-electron chi connectivity index (χ3n) is 6.47. The Balaban J connectivity index is 1.73. The zero-order valence-electron chi connectivity index (χ0n) is 17.6. The van der Waals surface area contributed by atoms with E-state index in [0.717, 1.165) is 24.1 Å². The maximum absolute atomic E-state index is 14.4. The summed E-state index contributed by atoms with van der Waals surface area (Å²) in [5, 5.41) is 8.96. The van der Waals surface area contributed by atoms with Crippen LogP contribution in [0.1, 0.15) is 54.6 Å². The number of fused-ring (bicyclic) bond motifs is 2. The molecule has 0 spiro atoms. The second-order valence-electron chi connectivity index (χ2n) is 8.19. The molecule has 4 rings (SSSR count). The molecule has 2 amide bonds. The smallest absolute Gasteiger partial charge is 0.303 e. The molecule has 0 aromatic heterocycles. The van der Waals surface area contributed by atoms with Crippen molar-refractivity contribution in [1.29, 1.82) is 0 Å². The van der Waals surface area contributed by atoms with Gasteiger partial charge in [0, 0.05) is 36.7 Å². The Morgan fingerprint density at radius 1 is 1.09 bits per heavy atom. The summed E-state index contributed by atoms with van der Waals surface area (Å²) in [6, 6.07) is 9.61.